The van der Waals surface area contributed by atoms with Gasteiger partial charge >= 0.3 is 0 Å². The van der Waals surface area contributed by atoms with E-state index in [1.54, 1.807) is 0 Å². The first-order valence-electron chi connectivity index (χ1n) is 4.82. The van der Waals surface area contributed by atoms with E-state index in [1.807, 2.05) is 4.72 Å². The second kappa shape index (κ2) is 5.77. The highest BCUT2D eigenvalue weighted by Gasteiger charge is 2.18. The van der Waals surface area contributed by atoms with Gasteiger partial charge in [0, 0.05) is 10.0 Å². The average Bonchev–Trinajstić information content (AvgIpc) is 2.12. The van der Waals surface area contributed by atoms with Crippen molar-refractivity contribution in [1.29, 1.82) is 0 Å². The van der Waals surface area contributed by atoms with Gasteiger partial charge in [-0.1, -0.05) is 23.2 Å². The van der Waals surface area contributed by atoms with Crippen LogP contribution in [0.3, 0.4) is 0 Å². The van der Waals surface area contributed by atoms with Crippen molar-refractivity contribution in [2.75, 3.05) is 6.26 Å². The molecule has 8 heteroatoms. The van der Waals surface area contributed by atoms with Gasteiger partial charge in [0.1, 0.15) is 5.75 Å². The minimum Gasteiger partial charge on any atom is -0.481 e. The van der Waals surface area contributed by atoms with Crippen LogP contribution in [0.5, 0.6) is 5.75 Å². The molecule has 0 aliphatic carbocycles. The quantitative estimate of drug-likeness (QED) is 0.921. The summed E-state index contributed by atoms with van der Waals surface area (Å²) >= 11 is 11.5. The molecule has 0 bridgehead atoms. The maximum absolute atomic E-state index is 11.5. The lowest BCUT2D eigenvalue weighted by atomic mass is 10.3. The fraction of sp³-hybridized carbons (Fsp3) is 0.300. The molecular weight excluding hydrogens is 301 g/mol. The standard InChI is InChI=1S/C10H11Cl2NO4S/c1-6(10(14)13-18(2,15)16)17-9-4-7(11)3-8(12)5-9/h3-6H,1-2H3,(H,13,14). The smallest absolute Gasteiger partial charge is 0.274 e. The zero-order valence-corrected chi connectivity index (χ0v) is 11.9. The average molecular weight is 312 g/mol. The number of halogens is 2. The summed E-state index contributed by atoms with van der Waals surface area (Å²) in [4.78, 5) is 11.5. The van der Waals surface area contributed by atoms with E-state index in [0.29, 0.717) is 10.0 Å². The van der Waals surface area contributed by atoms with Gasteiger partial charge in [-0.3, -0.25) is 9.52 Å². The number of amides is 1. The molecule has 18 heavy (non-hydrogen) atoms. The van der Waals surface area contributed by atoms with Gasteiger partial charge in [0.2, 0.25) is 10.0 Å². The third-order valence-electron chi connectivity index (χ3n) is 1.80. The van der Waals surface area contributed by atoms with Crippen molar-refractivity contribution in [2.24, 2.45) is 0 Å². The molecule has 0 aromatic heterocycles. The number of rotatable bonds is 4. The number of hydrogen-bond acceptors (Lipinski definition) is 4. The first kappa shape index (κ1) is 15.1. The fourth-order valence-electron chi connectivity index (χ4n) is 1.12. The van der Waals surface area contributed by atoms with E-state index in [-0.39, 0.29) is 5.75 Å². The number of carbonyl (C=O) groups excluding carboxylic acids is 1. The summed E-state index contributed by atoms with van der Waals surface area (Å²) in [5, 5.41) is 0.710. The summed E-state index contributed by atoms with van der Waals surface area (Å²) in [5.41, 5.74) is 0. The van der Waals surface area contributed by atoms with E-state index >= 15 is 0 Å². The van der Waals surface area contributed by atoms with Crippen molar-refractivity contribution in [3.8, 4) is 5.75 Å². The summed E-state index contributed by atoms with van der Waals surface area (Å²) in [7, 11) is -3.61. The van der Waals surface area contributed by atoms with Crippen molar-refractivity contribution in [2.45, 2.75) is 13.0 Å². The topological polar surface area (TPSA) is 72.5 Å². The zero-order chi connectivity index (χ0) is 13.9. The lowest BCUT2D eigenvalue weighted by Gasteiger charge is -2.14. The first-order valence-corrected chi connectivity index (χ1v) is 7.46. The van der Waals surface area contributed by atoms with E-state index < -0.39 is 22.0 Å². The van der Waals surface area contributed by atoms with E-state index in [0.717, 1.165) is 6.26 Å². The Morgan fingerprint density at radius 3 is 2.22 bits per heavy atom. The second-order valence-corrected chi connectivity index (χ2v) is 6.23. The Morgan fingerprint density at radius 1 is 1.28 bits per heavy atom. The largest absolute Gasteiger partial charge is 0.481 e. The van der Waals surface area contributed by atoms with Crippen LogP contribution in [-0.2, 0) is 14.8 Å². The number of benzene rings is 1. The van der Waals surface area contributed by atoms with E-state index in [9.17, 15) is 13.2 Å². The molecule has 1 atom stereocenters. The van der Waals surface area contributed by atoms with Crippen molar-refractivity contribution in [3.63, 3.8) is 0 Å². The third-order valence-corrected chi connectivity index (χ3v) is 2.81. The highest BCUT2D eigenvalue weighted by atomic mass is 35.5. The third kappa shape index (κ3) is 5.12. The highest BCUT2D eigenvalue weighted by Crippen LogP contribution is 2.24. The Labute approximate surface area is 115 Å². The SMILES string of the molecule is CC(Oc1cc(Cl)cc(Cl)c1)C(=O)NS(C)(=O)=O. The molecule has 1 aromatic rings. The lowest BCUT2D eigenvalue weighted by molar-refractivity contribution is -0.125. The van der Waals surface area contributed by atoms with Crippen LogP contribution in [0.4, 0.5) is 0 Å². The minimum absolute atomic E-state index is 0.281. The van der Waals surface area contributed by atoms with Crippen LogP contribution in [0, 0.1) is 0 Å². The molecule has 1 rings (SSSR count). The van der Waals surface area contributed by atoms with Gasteiger partial charge in [-0.05, 0) is 25.1 Å². The molecule has 1 aromatic carbocycles. The van der Waals surface area contributed by atoms with Crippen LogP contribution in [0.1, 0.15) is 6.92 Å². The van der Waals surface area contributed by atoms with Crippen LogP contribution in [0.25, 0.3) is 0 Å². The predicted octanol–water partition coefficient (Wildman–Crippen LogP) is 1.84. The predicted molar refractivity (Wildman–Crippen MR) is 69.5 cm³/mol. The van der Waals surface area contributed by atoms with Crippen LogP contribution in [0.2, 0.25) is 10.0 Å². The molecule has 0 aliphatic rings. The number of carbonyl (C=O) groups is 1. The van der Waals surface area contributed by atoms with E-state index in [1.165, 1.54) is 25.1 Å². The molecule has 0 fully saturated rings. The van der Waals surface area contributed by atoms with Gasteiger partial charge in [0.05, 0.1) is 6.26 Å². The van der Waals surface area contributed by atoms with Crippen LogP contribution in [0.15, 0.2) is 18.2 Å². The monoisotopic (exact) mass is 311 g/mol. The van der Waals surface area contributed by atoms with Crippen LogP contribution < -0.4 is 9.46 Å². The van der Waals surface area contributed by atoms with Crippen molar-refractivity contribution in [3.05, 3.63) is 28.2 Å². The number of hydrogen-bond donors (Lipinski definition) is 1. The van der Waals surface area contributed by atoms with Crippen molar-refractivity contribution >= 4 is 39.1 Å². The zero-order valence-electron chi connectivity index (χ0n) is 9.61. The maximum Gasteiger partial charge on any atom is 0.274 e. The fourth-order valence-corrected chi connectivity index (χ4v) is 2.16. The molecule has 1 amide bonds. The molecule has 100 valence electrons. The summed E-state index contributed by atoms with van der Waals surface area (Å²) in [6.45, 7) is 1.41. The molecule has 1 N–H and O–H groups in total. The van der Waals surface area contributed by atoms with Gasteiger partial charge in [-0.2, -0.15) is 0 Å². The van der Waals surface area contributed by atoms with E-state index in [2.05, 4.69) is 0 Å². The summed E-state index contributed by atoms with van der Waals surface area (Å²) in [5.74, 6) is -0.489. The lowest BCUT2D eigenvalue weighted by Crippen LogP contribution is -2.39. The normalized spacial score (nSPS) is 12.9. The Balaban J connectivity index is 2.75. The highest BCUT2D eigenvalue weighted by molar-refractivity contribution is 7.89. The minimum atomic E-state index is -3.61. The Bertz CT molecular complexity index is 539. The molecule has 0 saturated carbocycles. The molecule has 0 radical (unpaired) electrons. The molecule has 0 aliphatic heterocycles. The first-order chi connectivity index (χ1) is 8.17. The summed E-state index contributed by atoms with van der Waals surface area (Å²) in [6, 6.07) is 4.45. The number of nitrogens with one attached hydrogen (secondary N) is 1. The molecule has 1 unspecified atom stereocenters. The van der Waals surface area contributed by atoms with Gasteiger partial charge in [0.15, 0.2) is 6.10 Å². The second-order valence-electron chi connectivity index (χ2n) is 3.60. The number of ether oxygens (including phenoxy) is 1. The molecule has 0 spiro atoms. The van der Waals surface area contributed by atoms with Gasteiger partial charge in [-0.25, -0.2) is 8.42 Å². The summed E-state index contributed by atoms with van der Waals surface area (Å²) in [6.07, 6.45) is -0.109. The Hall–Kier alpha value is -0.980. The van der Waals surface area contributed by atoms with Crippen LogP contribution >= 0.6 is 23.2 Å². The maximum atomic E-state index is 11.5. The van der Waals surface area contributed by atoms with Gasteiger partial charge in [0.25, 0.3) is 5.91 Å². The molecule has 0 heterocycles. The molecular formula is C10H11Cl2NO4S. The van der Waals surface area contributed by atoms with Gasteiger partial charge < -0.3 is 4.74 Å². The Kier molecular flexibility index (Phi) is 4.84. The van der Waals surface area contributed by atoms with Crippen LogP contribution in [-0.4, -0.2) is 26.7 Å². The van der Waals surface area contributed by atoms with Crippen molar-refractivity contribution < 1.29 is 17.9 Å². The Morgan fingerprint density at radius 2 is 1.78 bits per heavy atom. The molecule has 5 nitrogen and oxygen atoms in total. The van der Waals surface area contributed by atoms with E-state index in [4.69, 9.17) is 27.9 Å². The summed E-state index contributed by atoms with van der Waals surface area (Å²) < 4.78 is 28.8. The van der Waals surface area contributed by atoms with Gasteiger partial charge in [-0.15, -0.1) is 0 Å². The van der Waals surface area contributed by atoms with Crippen molar-refractivity contribution in [1.82, 2.24) is 4.72 Å². The number of sulfonamides is 1. The molecule has 0 saturated heterocycles.